The molecule has 0 saturated carbocycles. The Labute approximate surface area is 220 Å². The van der Waals surface area contributed by atoms with Gasteiger partial charge in [0.1, 0.15) is 0 Å². The van der Waals surface area contributed by atoms with Gasteiger partial charge in [-0.2, -0.15) is 18.3 Å². The summed E-state index contributed by atoms with van der Waals surface area (Å²) in [6, 6.07) is 8.89. The lowest BCUT2D eigenvalue weighted by molar-refractivity contribution is -0.138. The van der Waals surface area contributed by atoms with Crippen LogP contribution in [0.4, 0.5) is 18.0 Å². The number of carbonyl (C=O) groups is 2. The zero-order valence-corrected chi connectivity index (χ0v) is 21.1. The minimum atomic E-state index is -4.53. The van der Waals surface area contributed by atoms with Crippen LogP contribution in [0.5, 0.6) is 0 Å². The highest BCUT2D eigenvalue weighted by atomic mass is 35.5. The Balaban J connectivity index is 0.00000304. The van der Waals surface area contributed by atoms with E-state index in [0.29, 0.717) is 21.4 Å². The Kier molecular flexibility index (Phi) is 7.70. The zero-order chi connectivity index (χ0) is 24.7. The number of benzene rings is 2. The fraction of sp³-hybridized carbons (Fsp3) is 0.292. The molecule has 1 N–H and O–H groups in total. The van der Waals surface area contributed by atoms with Gasteiger partial charge in [0.2, 0.25) is 0 Å². The summed E-state index contributed by atoms with van der Waals surface area (Å²) >= 11 is 6.71. The third-order valence-electron chi connectivity index (χ3n) is 6.16. The monoisotopic (exact) mass is 556 g/mol. The Hall–Kier alpha value is -2.53. The largest absolute Gasteiger partial charge is 0.416 e. The van der Waals surface area contributed by atoms with Crippen molar-refractivity contribution in [3.63, 3.8) is 0 Å². The molecule has 0 aliphatic carbocycles. The minimum Gasteiger partial charge on any atom is -0.317 e. The van der Waals surface area contributed by atoms with Crippen molar-refractivity contribution in [2.24, 2.45) is 0 Å². The lowest BCUT2D eigenvalue weighted by Gasteiger charge is -2.29. The van der Waals surface area contributed by atoms with Crippen LogP contribution in [0.3, 0.4) is 0 Å². The van der Waals surface area contributed by atoms with Gasteiger partial charge in [-0.1, -0.05) is 23.7 Å². The van der Waals surface area contributed by atoms with Gasteiger partial charge in [-0.05, 0) is 79.2 Å². The molecule has 3 heterocycles. The average Bonchev–Trinajstić information content (AvgIpc) is 3.34. The molecule has 190 valence electrons. The molecule has 2 amide bonds. The molecular formula is C24H21Cl2F3N4O2S. The SMILES string of the molecule is Cl.O=C1S/C(=C\c2ccc3c(cnn3Cc3ccc(Cl)cc3C(F)(F)F)c2)C(=O)N1C1CCNCC1. The summed E-state index contributed by atoms with van der Waals surface area (Å²) in [6.07, 6.45) is 0.175. The number of halogens is 5. The van der Waals surface area contributed by atoms with Gasteiger partial charge in [-0.3, -0.25) is 19.2 Å². The maximum atomic E-state index is 13.5. The van der Waals surface area contributed by atoms with Gasteiger partial charge in [0.15, 0.2) is 0 Å². The van der Waals surface area contributed by atoms with Gasteiger partial charge in [-0.15, -0.1) is 12.4 Å². The first kappa shape index (κ1) is 26.5. The second-order valence-electron chi connectivity index (χ2n) is 8.45. The van der Waals surface area contributed by atoms with Crippen molar-refractivity contribution in [3.05, 3.63) is 69.2 Å². The van der Waals surface area contributed by atoms with Crippen LogP contribution in [0.2, 0.25) is 5.02 Å². The second-order valence-corrected chi connectivity index (χ2v) is 9.88. The highest BCUT2D eigenvalue weighted by Crippen LogP contribution is 2.36. The first-order valence-corrected chi connectivity index (χ1v) is 12.2. The highest BCUT2D eigenvalue weighted by molar-refractivity contribution is 8.18. The minimum absolute atomic E-state index is 0. The number of hydrogen-bond acceptors (Lipinski definition) is 5. The Bertz CT molecular complexity index is 1350. The van der Waals surface area contributed by atoms with Crippen LogP contribution in [-0.4, -0.2) is 45.0 Å². The van der Waals surface area contributed by atoms with Crippen molar-refractivity contribution < 1.29 is 22.8 Å². The fourth-order valence-corrected chi connectivity index (χ4v) is 5.52. The number of imide groups is 1. The van der Waals surface area contributed by atoms with Crippen molar-refractivity contribution >= 4 is 63.9 Å². The summed E-state index contributed by atoms with van der Waals surface area (Å²) in [6.45, 7) is 1.46. The molecule has 0 atom stereocenters. The van der Waals surface area contributed by atoms with Crippen LogP contribution >= 0.6 is 35.8 Å². The fourth-order valence-electron chi connectivity index (χ4n) is 4.44. The van der Waals surface area contributed by atoms with Crippen molar-refractivity contribution in [2.45, 2.75) is 31.6 Å². The number of aromatic nitrogens is 2. The van der Waals surface area contributed by atoms with E-state index in [0.717, 1.165) is 43.8 Å². The van der Waals surface area contributed by atoms with Gasteiger partial charge >= 0.3 is 6.18 Å². The van der Waals surface area contributed by atoms with Gasteiger partial charge < -0.3 is 5.32 Å². The van der Waals surface area contributed by atoms with E-state index in [4.69, 9.17) is 11.6 Å². The van der Waals surface area contributed by atoms with Crippen molar-refractivity contribution in [2.75, 3.05) is 13.1 Å². The molecule has 6 nitrogen and oxygen atoms in total. The maximum Gasteiger partial charge on any atom is 0.416 e. The van der Waals surface area contributed by atoms with E-state index in [1.807, 2.05) is 0 Å². The van der Waals surface area contributed by atoms with Crippen LogP contribution < -0.4 is 5.32 Å². The molecule has 2 aliphatic heterocycles. The number of alkyl halides is 3. The molecule has 0 bridgehead atoms. The summed E-state index contributed by atoms with van der Waals surface area (Å²) in [4.78, 5) is 27.1. The van der Waals surface area contributed by atoms with E-state index < -0.39 is 11.7 Å². The molecule has 3 aromatic rings. The smallest absolute Gasteiger partial charge is 0.317 e. The average molecular weight is 557 g/mol. The van der Waals surface area contributed by atoms with Crippen LogP contribution in [0.25, 0.3) is 17.0 Å². The van der Waals surface area contributed by atoms with E-state index in [2.05, 4.69) is 10.4 Å². The quantitative estimate of drug-likeness (QED) is 0.401. The summed E-state index contributed by atoms with van der Waals surface area (Å²) in [5, 5.41) is 7.95. The Morgan fingerprint density at radius 1 is 1.14 bits per heavy atom. The summed E-state index contributed by atoms with van der Waals surface area (Å²) < 4.78 is 41.9. The van der Waals surface area contributed by atoms with E-state index >= 15 is 0 Å². The van der Waals surface area contributed by atoms with Crippen molar-refractivity contribution in [1.29, 1.82) is 0 Å². The number of amides is 2. The molecule has 0 spiro atoms. The molecule has 5 rings (SSSR count). The predicted molar refractivity (Wildman–Crippen MR) is 136 cm³/mol. The van der Waals surface area contributed by atoms with E-state index in [-0.39, 0.29) is 46.7 Å². The van der Waals surface area contributed by atoms with E-state index in [1.165, 1.54) is 21.7 Å². The van der Waals surface area contributed by atoms with Crippen LogP contribution in [0, 0.1) is 0 Å². The third kappa shape index (κ3) is 5.27. The lowest BCUT2D eigenvalue weighted by Crippen LogP contribution is -2.45. The van der Waals surface area contributed by atoms with Gasteiger partial charge in [0.25, 0.3) is 11.1 Å². The summed E-state index contributed by atoms with van der Waals surface area (Å²) in [5.41, 5.74) is 0.612. The van der Waals surface area contributed by atoms with Crippen molar-refractivity contribution in [1.82, 2.24) is 20.0 Å². The van der Waals surface area contributed by atoms with E-state index in [9.17, 15) is 22.8 Å². The highest BCUT2D eigenvalue weighted by Gasteiger charge is 2.40. The van der Waals surface area contributed by atoms with Crippen LogP contribution in [-0.2, 0) is 17.5 Å². The number of piperidine rings is 1. The normalized spacial score (nSPS) is 18.3. The standard InChI is InChI=1S/C24H20ClF3N4O2S.ClH/c25-17-3-2-15(19(11-17)24(26,27)28)13-31-20-4-1-14(9-16(20)12-30-31)10-21-22(33)32(23(34)35-21)18-5-7-29-8-6-18;/h1-4,9-12,18,29H,5-8,13H2;1H/b21-10-;. The first-order chi connectivity index (χ1) is 16.7. The molecule has 12 heteroatoms. The van der Waals surface area contributed by atoms with Crippen LogP contribution in [0.15, 0.2) is 47.5 Å². The Morgan fingerprint density at radius 3 is 2.61 bits per heavy atom. The summed E-state index contributed by atoms with van der Waals surface area (Å²) in [5.74, 6) is -0.287. The van der Waals surface area contributed by atoms with Gasteiger partial charge in [-0.25, -0.2) is 0 Å². The number of rotatable bonds is 4. The molecule has 0 radical (unpaired) electrons. The number of hydrogen-bond donors (Lipinski definition) is 1. The first-order valence-electron chi connectivity index (χ1n) is 11.0. The molecular weight excluding hydrogens is 536 g/mol. The number of carbonyl (C=O) groups excluding carboxylic acids is 2. The maximum absolute atomic E-state index is 13.5. The van der Waals surface area contributed by atoms with E-state index in [1.54, 1.807) is 30.5 Å². The number of nitrogens with one attached hydrogen (secondary N) is 1. The number of fused-ring (bicyclic) bond motifs is 1. The lowest BCUT2D eigenvalue weighted by atomic mass is 10.1. The molecule has 2 fully saturated rings. The molecule has 36 heavy (non-hydrogen) atoms. The molecule has 2 saturated heterocycles. The van der Waals surface area contributed by atoms with Gasteiger partial charge in [0.05, 0.1) is 28.7 Å². The zero-order valence-electron chi connectivity index (χ0n) is 18.7. The molecule has 2 aromatic carbocycles. The topological polar surface area (TPSA) is 67.2 Å². The third-order valence-corrected chi connectivity index (χ3v) is 7.28. The molecule has 2 aliphatic rings. The van der Waals surface area contributed by atoms with Crippen LogP contribution in [0.1, 0.15) is 29.5 Å². The van der Waals surface area contributed by atoms with Gasteiger partial charge in [0, 0.05) is 16.5 Å². The second kappa shape index (κ2) is 10.5. The summed E-state index contributed by atoms with van der Waals surface area (Å²) in [7, 11) is 0. The Morgan fingerprint density at radius 2 is 1.89 bits per heavy atom. The molecule has 1 aromatic heterocycles. The predicted octanol–water partition coefficient (Wildman–Crippen LogP) is 5.97. The number of nitrogens with zero attached hydrogens (tertiary/aromatic N) is 3. The van der Waals surface area contributed by atoms with Crippen molar-refractivity contribution in [3.8, 4) is 0 Å². The molecule has 0 unspecified atom stereocenters. The number of thioether (sulfide) groups is 1.